The zero-order valence-electron chi connectivity index (χ0n) is 9.46. The zero-order chi connectivity index (χ0) is 12.6. The lowest BCUT2D eigenvalue weighted by Crippen LogP contribution is -2.02. The van der Waals surface area contributed by atoms with E-state index in [-0.39, 0.29) is 0 Å². The predicted octanol–water partition coefficient (Wildman–Crippen LogP) is 3.65. The molecule has 0 radical (unpaired) electrons. The number of nitrogens with two attached hydrogens (primary N) is 1. The first kappa shape index (κ1) is 12.1. The van der Waals surface area contributed by atoms with Crippen LogP contribution in [-0.2, 0) is 0 Å². The third kappa shape index (κ3) is 2.21. The van der Waals surface area contributed by atoms with Gasteiger partial charge in [-0.25, -0.2) is 0 Å². The Morgan fingerprint density at radius 1 is 1.00 bits per heavy atom. The Balaban J connectivity index is 2.61. The fourth-order valence-corrected chi connectivity index (χ4v) is 1.84. The first-order chi connectivity index (χ1) is 8.00. The number of benzene rings is 1. The Morgan fingerprint density at radius 2 is 1.71 bits per heavy atom. The minimum atomic E-state index is 0.450. The molecule has 88 valence electrons. The van der Waals surface area contributed by atoms with Gasteiger partial charge in [-0.15, -0.1) is 10.2 Å². The van der Waals surface area contributed by atoms with Crippen molar-refractivity contribution in [2.75, 3.05) is 5.73 Å². The molecule has 0 aliphatic carbocycles. The van der Waals surface area contributed by atoms with E-state index < -0.39 is 0 Å². The lowest BCUT2D eigenvalue weighted by atomic mass is 10.0. The van der Waals surface area contributed by atoms with Gasteiger partial charge in [0.15, 0.2) is 0 Å². The first-order valence-electron chi connectivity index (χ1n) is 5.05. The van der Waals surface area contributed by atoms with Gasteiger partial charge < -0.3 is 5.73 Å². The molecular formula is C12H11Cl2N3. The summed E-state index contributed by atoms with van der Waals surface area (Å²) in [5, 5.41) is 9.04. The van der Waals surface area contributed by atoms with E-state index in [1.807, 2.05) is 19.9 Å². The molecule has 0 saturated carbocycles. The van der Waals surface area contributed by atoms with Crippen molar-refractivity contribution in [3.63, 3.8) is 0 Å². The van der Waals surface area contributed by atoms with E-state index in [0.717, 1.165) is 22.4 Å². The number of hydrogen-bond donors (Lipinski definition) is 1. The van der Waals surface area contributed by atoms with Crippen LogP contribution in [0, 0.1) is 13.8 Å². The van der Waals surface area contributed by atoms with E-state index in [9.17, 15) is 0 Å². The summed E-state index contributed by atoms with van der Waals surface area (Å²) in [5.41, 5.74) is 9.28. The zero-order valence-corrected chi connectivity index (χ0v) is 11.0. The number of nitrogens with zero attached hydrogens (tertiary/aromatic N) is 2. The number of nitrogen functional groups attached to an aromatic ring is 1. The number of anilines is 1. The SMILES string of the molecule is Cc1c(N)nnc(-c2ccc(Cl)c(Cl)c2)c1C. The topological polar surface area (TPSA) is 51.8 Å². The van der Waals surface area contributed by atoms with Crippen LogP contribution in [0.2, 0.25) is 10.0 Å². The fourth-order valence-electron chi connectivity index (χ4n) is 1.54. The average molecular weight is 268 g/mol. The van der Waals surface area contributed by atoms with Gasteiger partial charge in [-0.2, -0.15) is 0 Å². The lowest BCUT2D eigenvalue weighted by molar-refractivity contribution is 1.01. The number of rotatable bonds is 1. The molecule has 0 spiro atoms. The maximum absolute atomic E-state index is 5.98. The Hall–Kier alpha value is -1.32. The monoisotopic (exact) mass is 267 g/mol. The Kier molecular flexibility index (Phi) is 3.22. The van der Waals surface area contributed by atoms with Crippen molar-refractivity contribution in [2.24, 2.45) is 0 Å². The second-order valence-electron chi connectivity index (χ2n) is 3.81. The standard InChI is InChI=1S/C12H11Cl2N3/c1-6-7(2)12(15)17-16-11(6)8-3-4-9(13)10(14)5-8/h3-5H,1-2H3,(H2,15,17). The molecule has 0 bridgehead atoms. The molecule has 0 saturated heterocycles. The predicted molar refractivity (Wildman–Crippen MR) is 71.4 cm³/mol. The van der Waals surface area contributed by atoms with E-state index in [1.54, 1.807) is 12.1 Å². The quantitative estimate of drug-likeness (QED) is 0.858. The van der Waals surface area contributed by atoms with Crippen LogP contribution in [0.5, 0.6) is 0 Å². The first-order valence-corrected chi connectivity index (χ1v) is 5.81. The average Bonchev–Trinajstić information content (AvgIpc) is 2.30. The van der Waals surface area contributed by atoms with Gasteiger partial charge in [-0.05, 0) is 37.1 Å². The molecule has 17 heavy (non-hydrogen) atoms. The van der Waals surface area contributed by atoms with Gasteiger partial charge in [0, 0.05) is 5.56 Å². The largest absolute Gasteiger partial charge is 0.382 e. The Labute approximate surface area is 110 Å². The second-order valence-corrected chi connectivity index (χ2v) is 4.63. The maximum Gasteiger partial charge on any atom is 0.149 e. The van der Waals surface area contributed by atoms with Crippen molar-refractivity contribution >= 4 is 29.0 Å². The number of halogens is 2. The summed E-state index contributed by atoms with van der Waals surface area (Å²) >= 11 is 11.9. The van der Waals surface area contributed by atoms with Gasteiger partial charge in [0.1, 0.15) is 5.82 Å². The molecule has 0 fully saturated rings. The van der Waals surface area contributed by atoms with Gasteiger partial charge in [0.05, 0.1) is 15.7 Å². The molecule has 0 aliphatic rings. The van der Waals surface area contributed by atoms with E-state index in [1.165, 1.54) is 0 Å². The molecule has 2 N–H and O–H groups in total. The smallest absolute Gasteiger partial charge is 0.149 e. The third-order valence-corrected chi connectivity index (χ3v) is 3.49. The summed E-state index contributed by atoms with van der Waals surface area (Å²) in [4.78, 5) is 0. The van der Waals surface area contributed by atoms with Crippen LogP contribution < -0.4 is 5.73 Å². The molecule has 1 heterocycles. The van der Waals surface area contributed by atoms with Gasteiger partial charge >= 0.3 is 0 Å². The maximum atomic E-state index is 5.98. The van der Waals surface area contributed by atoms with E-state index in [2.05, 4.69) is 10.2 Å². The summed E-state index contributed by atoms with van der Waals surface area (Å²) in [6.45, 7) is 3.87. The summed E-state index contributed by atoms with van der Waals surface area (Å²) in [6, 6.07) is 5.38. The molecule has 3 nitrogen and oxygen atoms in total. The minimum absolute atomic E-state index is 0.450. The summed E-state index contributed by atoms with van der Waals surface area (Å²) in [7, 11) is 0. The van der Waals surface area contributed by atoms with E-state index in [4.69, 9.17) is 28.9 Å². The Bertz CT molecular complexity index is 582. The van der Waals surface area contributed by atoms with Crippen molar-refractivity contribution in [3.8, 4) is 11.3 Å². The van der Waals surface area contributed by atoms with Crippen LogP contribution in [-0.4, -0.2) is 10.2 Å². The van der Waals surface area contributed by atoms with Crippen molar-refractivity contribution in [3.05, 3.63) is 39.4 Å². The fraction of sp³-hybridized carbons (Fsp3) is 0.167. The minimum Gasteiger partial charge on any atom is -0.382 e. The highest BCUT2D eigenvalue weighted by Gasteiger charge is 2.10. The summed E-state index contributed by atoms with van der Waals surface area (Å²) in [6.07, 6.45) is 0. The van der Waals surface area contributed by atoms with Gasteiger partial charge in [0.25, 0.3) is 0 Å². The highest BCUT2D eigenvalue weighted by molar-refractivity contribution is 6.42. The Morgan fingerprint density at radius 3 is 2.35 bits per heavy atom. The highest BCUT2D eigenvalue weighted by Crippen LogP contribution is 2.30. The van der Waals surface area contributed by atoms with Gasteiger partial charge in [-0.1, -0.05) is 29.3 Å². The molecule has 0 unspecified atom stereocenters. The molecule has 2 aromatic rings. The van der Waals surface area contributed by atoms with Crippen molar-refractivity contribution in [1.82, 2.24) is 10.2 Å². The van der Waals surface area contributed by atoms with Crippen LogP contribution in [0.4, 0.5) is 5.82 Å². The van der Waals surface area contributed by atoms with Gasteiger partial charge in [-0.3, -0.25) is 0 Å². The normalized spacial score (nSPS) is 10.6. The van der Waals surface area contributed by atoms with Crippen molar-refractivity contribution in [2.45, 2.75) is 13.8 Å². The highest BCUT2D eigenvalue weighted by atomic mass is 35.5. The molecule has 1 aromatic carbocycles. The van der Waals surface area contributed by atoms with E-state index >= 15 is 0 Å². The number of hydrogen-bond acceptors (Lipinski definition) is 3. The third-order valence-electron chi connectivity index (χ3n) is 2.75. The number of aromatic nitrogens is 2. The molecule has 0 amide bonds. The van der Waals surface area contributed by atoms with Crippen LogP contribution >= 0.6 is 23.2 Å². The summed E-state index contributed by atoms with van der Waals surface area (Å²) in [5.74, 6) is 0.450. The lowest BCUT2D eigenvalue weighted by Gasteiger charge is -2.09. The van der Waals surface area contributed by atoms with Crippen LogP contribution in [0.3, 0.4) is 0 Å². The van der Waals surface area contributed by atoms with Crippen LogP contribution in [0.15, 0.2) is 18.2 Å². The van der Waals surface area contributed by atoms with Crippen LogP contribution in [0.25, 0.3) is 11.3 Å². The molecule has 0 aliphatic heterocycles. The van der Waals surface area contributed by atoms with Crippen LogP contribution in [0.1, 0.15) is 11.1 Å². The molecule has 0 atom stereocenters. The van der Waals surface area contributed by atoms with E-state index in [0.29, 0.717) is 15.9 Å². The molecule has 5 heteroatoms. The summed E-state index contributed by atoms with van der Waals surface area (Å²) < 4.78 is 0. The molecule has 2 rings (SSSR count). The van der Waals surface area contributed by atoms with Crippen molar-refractivity contribution in [1.29, 1.82) is 0 Å². The van der Waals surface area contributed by atoms with Crippen molar-refractivity contribution < 1.29 is 0 Å². The van der Waals surface area contributed by atoms with Gasteiger partial charge in [0.2, 0.25) is 0 Å². The molecule has 1 aromatic heterocycles. The second kappa shape index (κ2) is 4.51. The molecular weight excluding hydrogens is 257 g/mol.